The summed E-state index contributed by atoms with van der Waals surface area (Å²) in [4.78, 5) is 18.4. The van der Waals surface area contributed by atoms with Gasteiger partial charge in [-0.3, -0.25) is 9.78 Å². The summed E-state index contributed by atoms with van der Waals surface area (Å²) in [5, 5.41) is 3.02. The molecule has 4 heteroatoms. The van der Waals surface area contributed by atoms with E-state index in [0.717, 1.165) is 31.5 Å². The fourth-order valence-corrected chi connectivity index (χ4v) is 2.89. The number of piperidine rings is 1. The van der Waals surface area contributed by atoms with Gasteiger partial charge in [0.1, 0.15) is 0 Å². The van der Waals surface area contributed by atoms with E-state index in [1.807, 2.05) is 18.3 Å². The number of aromatic nitrogens is 1. The van der Waals surface area contributed by atoms with Gasteiger partial charge >= 0.3 is 0 Å². The molecule has 2 heterocycles. The van der Waals surface area contributed by atoms with Crippen molar-refractivity contribution >= 4 is 5.91 Å². The highest BCUT2D eigenvalue weighted by Gasteiger charge is 2.17. The lowest BCUT2D eigenvalue weighted by Crippen LogP contribution is -2.39. The number of carbonyl (C=O) groups excluding carboxylic acids is 1. The standard InChI is InChI=1S/C17H27N3O/c1-15-6-2-3-12-20(15)13-5-11-19-17(21)9-8-16-7-4-10-18-14-16/h4,7,10,14-15H,2-3,5-6,8-9,11-13H2,1H3,(H,19,21). The molecule has 0 saturated carbocycles. The lowest BCUT2D eigenvalue weighted by Gasteiger charge is -2.33. The van der Waals surface area contributed by atoms with E-state index in [0.29, 0.717) is 12.5 Å². The van der Waals surface area contributed by atoms with Crippen LogP contribution in [0.3, 0.4) is 0 Å². The average Bonchev–Trinajstić information content (AvgIpc) is 2.52. The van der Waals surface area contributed by atoms with Crippen molar-refractivity contribution in [3.63, 3.8) is 0 Å². The van der Waals surface area contributed by atoms with Gasteiger partial charge in [-0.05, 0) is 50.8 Å². The van der Waals surface area contributed by atoms with Crippen LogP contribution < -0.4 is 5.32 Å². The van der Waals surface area contributed by atoms with E-state index in [1.165, 1.54) is 25.8 Å². The van der Waals surface area contributed by atoms with E-state index < -0.39 is 0 Å². The second kappa shape index (κ2) is 8.78. The second-order valence-electron chi connectivity index (χ2n) is 5.95. The lowest BCUT2D eigenvalue weighted by atomic mass is 10.0. The normalized spacial score (nSPS) is 19.4. The van der Waals surface area contributed by atoms with Gasteiger partial charge in [0, 0.05) is 37.9 Å². The van der Waals surface area contributed by atoms with Gasteiger partial charge in [0.05, 0.1) is 0 Å². The molecule has 1 unspecified atom stereocenters. The van der Waals surface area contributed by atoms with Crippen molar-refractivity contribution in [2.75, 3.05) is 19.6 Å². The first-order valence-electron chi connectivity index (χ1n) is 8.15. The Hall–Kier alpha value is -1.42. The van der Waals surface area contributed by atoms with Gasteiger partial charge in [-0.2, -0.15) is 0 Å². The second-order valence-corrected chi connectivity index (χ2v) is 5.95. The van der Waals surface area contributed by atoms with Crippen molar-refractivity contribution in [3.8, 4) is 0 Å². The molecular weight excluding hydrogens is 262 g/mol. The molecule has 1 aromatic rings. The summed E-state index contributed by atoms with van der Waals surface area (Å²) in [6.45, 7) is 5.42. The van der Waals surface area contributed by atoms with Gasteiger partial charge in [-0.15, -0.1) is 0 Å². The van der Waals surface area contributed by atoms with Crippen LogP contribution in [0.4, 0.5) is 0 Å². The average molecular weight is 289 g/mol. The Kier molecular flexibility index (Phi) is 6.67. The minimum absolute atomic E-state index is 0.144. The highest BCUT2D eigenvalue weighted by Crippen LogP contribution is 2.16. The van der Waals surface area contributed by atoms with Gasteiger partial charge in [0.25, 0.3) is 0 Å². The maximum Gasteiger partial charge on any atom is 0.220 e. The topological polar surface area (TPSA) is 45.2 Å². The van der Waals surface area contributed by atoms with E-state index in [4.69, 9.17) is 0 Å². The predicted octanol–water partition coefficient (Wildman–Crippen LogP) is 2.39. The lowest BCUT2D eigenvalue weighted by molar-refractivity contribution is -0.121. The van der Waals surface area contributed by atoms with Crippen molar-refractivity contribution in [2.24, 2.45) is 0 Å². The molecule has 4 nitrogen and oxygen atoms in total. The zero-order chi connectivity index (χ0) is 14.9. The van der Waals surface area contributed by atoms with Crippen molar-refractivity contribution in [1.29, 1.82) is 0 Å². The molecule has 1 aliphatic heterocycles. The number of hydrogen-bond donors (Lipinski definition) is 1. The number of nitrogens with zero attached hydrogens (tertiary/aromatic N) is 2. The summed E-state index contributed by atoms with van der Waals surface area (Å²) < 4.78 is 0. The van der Waals surface area contributed by atoms with Crippen LogP contribution in [0.1, 0.15) is 44.6 Å². The third kappa shape index (κ3) is 5.84. The number of carbonyl (C=O) groups is 1. The summed E-state index contributed by atoms with van der Waals surface area (Å²) in [5.41, 5.74) is 1.12. The largest absolute Gasteiger partial charge is 0.356 e. The van der Waals surface area contributed by atoms with Gasteiger partial charge in [-0.25, -0.2) is 0 Å². The molecule has 1 fully saturated rings. The number of pyridine rings is 1. The van der Waals surface area contributed by atoms with Crippen molar-refractivity contribution < 1.29 is 4.79 Å². The van der Waals surface area contributed by atoms with Crippen LogP contribution in [0, 0.1) is 0 Å². The monoisotopic (exact) mass is 289 g/mol. The molecule has 0 radical (unpaired) electrons. The Bertz CT molecular complexity index is 421. The SMILES string of the molecule is CC1CCCCN1CCCNC(=O)CCc1cccnc1. The molecule has 21 heavy (non-hydrogen) atoms. The quantitative estimate of drug-likeness (QED) is 0.784. The van der Waals surface area contributed by atoms with Crippen molar-refractivity contribution in [1.82, 2.24) is 15.2 Å². The summed E-state index contributed by atoms with van der Waals surface area (Å²) in [6.07, 6.45) is 9.94. The highest BCUT2D eigenvalue weighted by molar-refractivity contribution is 5.76. The summed E-state index contributed by atoms with van der Waals surface area (Å²) in [7, 11) is 0. The smallest absolute Gasteiger partial charge is 0.220 e. The first-order chi connectivity index (χ1) is 10.3. The minimum Gasteiger partial charge on any atom is -0.356 e. The van der Waals surface area contributed by atoms with Crippen LogP contribution >= 0.6 is 0 Å². The zero-order valence-electron chi connectivity index (χ0n) is 13.1. The Balaban J connectivity index is 1.55. The molecule has 1 N–H and O–H groups in total. The minimum atomic E-state index is 0.144. The highest BCUT2D eigenvalue weighted by atomic mass is 16.1. The van der Waals surface area contributed by atoms with Crippen LogP contribution in [-0.4, -0.2) is 41.5 Å². The maximum absolute atomic E-state index is 11.8. The van der Waals surface area contributed by atoms with Crippen LogP contribution in [-0.2, 0) is 11.2 Å². The Labute approximate surface area is 127 Å². The van der Waals surface area contributed by atoms with E-state index in [2.05, 4.69) is 22.1 Å². The third-order valence-corrected chi connectivity index (χ3v) is 4.25. The molecular formula is C17H27N3O. The van der Waals surface area contributed by atoms with E-state index in [1.54, 1.807) is 6.20 Å². The number of nitrogens with one attached hydrogen (secondary N) is 1. The molecule has 1 aromatic heterocycles. The van der Waals surface area contributed by atoms with E-state index in [9.17, 15) is 4.79 Å². The zero-order valence-corrected chi connectivity index (χ0v) is 13.1. The molecule has 1 aliphatic rings. The molecule has 1 atom stereocenters. The molecule has 2 rings (SSSR count). The number of rotatable bonds is 7. The molecule has 0 bridgehead atoms. The van der Waals surface area contributed by atoms with Crippen LogP contribution in [0.25, 0.3) is 0 Å². The summed E-state index contributed by atoms with van der Waals surface area (Å²) in [5.74, 6) is 0.144. The molecule has 0 aliphatic carbocycles. The van der Waals surface area contributed by atoms with E-state index >= 15 is 0 Å². The van der Waals surface area contributed by atoms with Gasteiger partial charge < -0.3 is 10.2 Å². The van der Waals surface area contributed by atoms with Crippen molar-refractivity contribution in [3.05, 3.63) is 30.1 Å². The summed E-state index contributed by atoms with van der Waals surface area (Å²) in [6, 6.07) is 4.63. The Morgan fingerprint density at radius 1 is 1.48 bits per heavy atom. The van der Waals surface area contributed by atoms with Gasteiger partial charge in [0.2, 0.25) is 5.91 Å². The number of hydrogen-bond acceptors (Lipinski definition) is 3. The molecule has 1 amide bonds. The van der Waals surface area contributed by atoms with Crippen molar-refractivity contribution in [2.45, 2.75) is 51.5 Å². The summed E-state index contributed by atoms with van der Waals surface area (Å²) >= 11 is 0. The number of amides is 1. The predicted molar refractivity (Wildman–Crippen MR) is 85.1 cm³/mol. The number of likely N-dealkylation sites (tertiary alicyclic amines) is 1. The molecule has 1 saturated heterocycles. The fraction of sp³-hybridized carbons (Fsp3) is 0.647. The Morgan fingerprint density at radius 3 is 3.14 bits per heavy atom. The first-order valence-corrected chi connectivity index (χ1v) is 8.15. The first kappa shape index (κ1) is 16.0. The Morgan fingerprint density at radius 2 is 2.38 bits per heavy atom. The van der Waals surface area contributed by atoms with Gasteiger partial charge in [-0.1, -0.05) is 12.5 Å². The fourth-order valence-electron chi connectivity index (χ4n) is 2.89. The van der Waals surface area contributed by atoms with Gasteiger partial charge in [0.15, 0.2) is 0 Å². The molecule has 116 valence electrons. The number of aryl methyl sites for hydroxylation is 1. The van der Waals surface area contributed by atoms with E-state index in [-0.39, 0.29) is 5.91 Å². The maximum atomic E-state index is 11.8. The molecule has 0 aromatic carbocycles. The van der Waals surface area contributed by atoms with Crippen LogP contribution in [0.2, 0.25) is 0 Å². The third-order valence-electron chi connectivity index (χ3n) is 4.25. The van der Waals surface area contributed by atoms with Crippen LogP contribution in [0.5, 0.6) is 0 Å². The van der Waals surface area contributed by atoms with Crippen LogP contribution in [0.15, 0.2) is 24.5 Å². The molecule has 0 spiro atoms.